The normalized spacial score (nSPS) is 25.7. The predicted molar refractivity (Wildman–Crippen MR) is 110 cm³/mol. The Balaban J connectivity index is 1.74. The zero-order valence-electron chi connectivity index (χ0n) is 17.3. The summed E-state index contributed by atoms with van der Waals surface area (Å²) in [5, 5.41) is 42.3. The molecule has 0 bridgehead atoms. The molecule has 2 aromatic carbocycles. The van der Waals surface area contributed by atoms with Crippen LogP contribution in [0, 0.1) is 6.92 Å². The molecule has 0 saturated carbocycles. The van der Waals surface area contributed by atoms with Crippen LogP contribution in [0.1, 0.15) is 21.5 Å². The second kappa shape index (κ2) is 10.1. The van der Waals surface area contributed by atoms with Gasteiger partial charge in [-0.3, -0.25) is 4.79 Å². The second-order valence-corrected chi connectivity index (χ2v) is 7.35. The van der Waals surface area contributed by atoms with E-state index >= 15 is 0 Å². The highest BCUT2D eigenvalue weighted by Gasteiger charge is 2.45. The summed E-state index contributed by atoms with van der Waals surface area (Å²) in [6, 6.07) is 12.2. The molecule has 1 aliphatic heterocycles. The van der Waals surface area contributed by atoms with Gasteiger partial charge in [-0.1, -0.05) is 18.2 Å². The monoisotopic (exact) mass is 433 g/mol. The fraction of sp³-hybridized carbons (Fsp3) is 0.409. The van der Waals surface area contributed by atoms with Crippen molar-refractivity contribution >= 4 is 5.91 Å². The molecule has 0 spiro atoms. The lowest BCUT2D eigenvalue weighted by Gasteiger charge is -2.39. The van der Waals surface area contributed by atoms with Crippen LogP contribution >= 0.6 is 0 Å². The SMILES string of the molecule is COc1ccc(CNC(=O)c2ccc(C)cc2O[C@@H]2O[C@H](CO)[C@@H](O)[C@H](O)[C@H]2O)cc1. The van der Waals surface area contributed by atoms with Crippen molar-refractivity contribution in [1.29, 1.82) is 0 Å². The van der Waals surface area contributed by atoms with Crippen LogP contribution in [-0.2, 0) is 11.3 Å². The van der Waals surface area contributed by atoms with Crippen LogP contribution in [0.4, 0.5) is 0 Å². The van der Waals surface area contributed by atoms with Crippen molar-refractivity contribution in [2.45, 2.75) is 44.2 Å². The number of aryl methyl sites for hydroxylation is 1. The summed E-state index contributed by atoms with van der Waals surface area (Å²) in [6.07, 6.45) is -7.14. The molecule has 1 aliphatic rings. The highest BCUT2D eigenvalue weighted by atomic mass is 16.7. The molecule has 0 unspecified atom stereocenters. The molecule has 168 valence electrons. The first-order valence-electron chi connectivity index (χ1n) is 9.83. The average Bonchev–Trinajstić information content (AvgIpc) is 2.78. The summed E-state index contributed by atoms with van der Waals surface area (Å²) < 4.78 is 16.2. The van der Waals surface area contributed by atoms with Gasteiger partial charge in [-0.25, -0.2) is 0 Å². The third-order valence-corrected chi connectivity index (χ3v) is 5.09. The van der Waals surface area contributed by atoms with Gasteiger partial charge in [0.15, 0.2) is 0 Å². The molecule has 2 aromatic rings. The molecule has 1 fully saturated rings. The topological polar surface area (TPSA) is 138 Å². The Morgan fingerprint density at radius 2 is 1.77 bits per heavy atom. The summed E-state index contributed by atoms with van der Waals surface area (Å²) in [7, 11) is 1.57. The number of aliphatic hydroxyl groups is 4. The fourth-order valence-corrected chi connectivity index (χ4v) is 3.23. The van der Waals surface area contributed by atoms with E-state index in [1.807, 2.05) is 12.1 Å². The largest absolute Gasteiger partial charge is 0.497 e. The van der Waals surface area contributed by atoms with Crippen molar-refractivity contribution < 1.29 is 39.4 Å². The number of methoxy groups -OCH3 is 1. The Labute approximate surface area is 179 Å². The van der Waals surface area contributed by atoms with Gasteiger partial charge in [0.2, 0.25) is 6.29 Å². The quantitative estimate of drug-likeness (QED) is 0.415. The van der Waals surface area contributed by atoms with Gasteiger partial charge in [0.05, 0.1) is 19.3 Å². The summed E-state index contributed by atoms with van der Waals surface area (Å²) >= 11 is 0. The van der Waals surface area contributed by atoms with Gasteiger partial charge in [-0.15, -0.1) is 0 Å². The Morgan fingerprint density at radius 1 is 1.06 bits per heavy atom. The van der Waals surface area contributed by atoms with Crippen LogP contribution in [0.25, 0.3) is 0 Å². The first-order valence-corrected chi connectivity index (χ1v) is 9.83. The van der Waals surface area contributed by atoms with Gasteiger partial charge in [0, 0.05) is 6.54 Å². The zero-order valence-corrected chi connectivity index (χ0v) is 17.3. The number of ether oxygens (including phenoxy) is 3. The van der Waals surface area contributed by atoms with Crippen LogP contribution in [0.2, 0.25) is 0 Å². The van der Waals surface area contributed by atoms with Gasteiger partial charge in [-0.05, 0) is 42.3 Å². The molecule has 31 heavy (non-hydrogen) atoms. The number of carbonyl (C=O) groups excluding carboxylic acids is 1. The van der Waals surface area contributed by atoms with Gasteiger partial charge >= 0.3 is 0 Å². The number of aliphatic hydroxyl groups excluding tert-OH is 4. The van der Waals surface area contributed by atoms with Crippen molar-refractivity contribution in [3.8, 4) is 11.5 Å². The van der Waals surface area contributed by atoms with Crippen molar-refractivity contribution in [3.05, 3.63) is 59.2 Å². The Hall–Kier alpha value is -2.69. The predicted octanol–water partition coefficient (Wildman–Crippen LogP) is 0.112. The van der Waals surface area contributed by atoms with E-state index in [-0.39, 0.29) is 17.9 Å². The number of benzene rings is 2. The van der Waals surface area contributed by atoms with E-state index in [1.165, 1.54) is 0 Å². The molecule has 0 aliphatic carbocycles. The molecule has 5 N–H and O–H groups in total. The van der Waals surface area contributed by atoms with Crippen molar-refractivity contribution in [2.24, 2.45) is 0 Å². The van der Waals surface area contributed by atoms with Gasteiger partial charge in [0.25, 0.3) is 5.91 Å². The lowest BCUT2D eigenvalue weighted by atomic mass is 9.99. The van der Waals surface area contributed by atoms with E-state index < -0.39 is 43.2 Å². The molecule has 1 amide bonds. The maximum atomic E-state index is 12.8. The van der Waals surface area contributed by atoms with Crippen molar-refractivity contribution in [1.82, 2.24) is 5.32 Å². The number of rotatable bonds is 7. The number of hydrogen-bond donors (Lipinski definition) is 5. The molecule has 5 atom stereocenters. The minimum absolute atomic E-state index is 0.136. The molecular weight excluding hydrogens is 406 g/mol. The Kier molecular flexibility index (Phi) is 7.47. The fourth-order valence-electron chi connectivity index (χ4n) is 3.23. The number of carbonyl (C=O) groups is 1. The van der Waals surface area contributed by atoms with Crippen LogP contribution in [0.15, 0.2) is 42.5 Å². The van der Waals surface area contributed by atoms with E-state index in [1.54, 1.807) is 44.4 Å². The maximum absolute atomic E-state index is 12.8. The Bertz CT molecular complexity index is 886. The van der Waals surface area contributed by atoms with Crippen molar-refractivity contribution in [3.63, 3.8) is 0 Å². The highest BCUT2D eigenvalue weighted by molar-refractivity contribution is 5.97. The summed E-state index contributed by atoms with van der Waals surface area (Å²) in [5.74, 6) is 0.441. The molecule has 0 radical (unpaired) electrons. The first-order chi connectivity index (χ1) is 14.8. The molecular formula is C22H27NO8. The molecule has 3 rings (SSSR count). The van der Waals surface area contributed by atoms with Gasteiger partial charge in [0.1, 0.15) is 35.9 Å². The number of hydrogen-bond acceptors (Lipinski definition) is 8. The van der Waals surface area contributed by atoms with E-state index in [4.69, 9.17) is 14.2 Å². The lowest BCUT2D eigenvalue weighted by Crippen LogP contribution is -2.60. The smallest absolute Gasteiger partial charge is 0.255 e. The van der Waals surface area contributed by atoms with Gasteiger partial charge < -0.3 is 40.0 Å². The minimum Gasteiger partial charge on any atom is -0.497 e. The van der Waals surface area contributed by atoms with Crippen molar-refractivity contribution in [2.75, 3.05) is 13.7 Å². The van der Waals surface area contributed by atoms with Crippen LogP contribution in [0.3, 0.4) is 0 Å². The summed E-state index contributed by atoms with van der Waals surface area (Å²) in [5.41, 5.74) is 1.88. The summed E-state index contributed by atoms with van der Waals surface area (Å²) in [6.45, 7) is 1.50. The van der Waals surface area contributed by atoms with Crippen LogP contribution < -0.4 is 14.8 Å². The second-order valence-electron chi connectivity index (χ2n) is 7.35. The zero-order chi connectivity index (χ0) is 22.5. The van der Waals surface area contributed by atoms with Crippen LogP contribution in [0.5, 0.6) is 11.5 Å². The third-order valence-electron chi connectivity index (χ3n) is 5.09. The minimum atomic E-state index is -1.58. The molecule has 1 saturated heterocycles. The molecule has 0 aromatic heterocycles. The van der Waals surface area contributed by atoms with E-state index in [9.17, 15) is 25.2 Å². The van der Waals surface area contributed by atoms with Crippen LogP contribution in [-0.4, -0.2) is 70.8 Å². The maximum Gasteiger partial charge on any atom is 0.255 e. The highest BCUT2D eigenvalue weighted by Crippen LogP contribution is 2.27. The Morgan fingerprint density at radius 3 is 2.42 bits per heavy atom. The average molecular weight is 433 g/mol. The first kappa shape index (κ1) is 23.0. The molecule has 1 heterocycles. The summed E-state index contributed by atoms with van der Waals surface area (Å²) in [4.78, 5) is 12.8. The third kappa shape index (κ3) is 5.33. The van der Waals surface area contributed by atoms with E-state index in [0.717, 1.165) is 11.1 Å². The number of amides is 1. The van der Waals surface area contributed by atoms with Gasteiger partial charge in [-0.2, -0.15) is 0 Å². The lowest BCUT2D eigenvalue weighted by molar-refractivity contribution is -0.277. The molecule has 9 heteroatoms. The van der Waals surface area contributed by atoms with E-state index in [0.29, 0.717) is 5.75 Å². The molecule has 9 nitrogen and oxygen atoms in total. The van der Waals surface area contributed by atoms with E-state index in [2.05, 4.69) is 5.32 Å². The number of nitrogens with one attached hydrogen (secondary N) is 1. The standard InChI is InChI=1S/C22H27NO8/c1-12-3-8-15(21(28)23-10-13-4-6-14(29-2)7-5-13)16(9-12)30-22-20(27)19(26)18(25)17(11-24)31-22/h3-9,17-20,22,24-27H,10-11H2,1-2H3,(H,23,28)/t17-,18-,19+,20-,22-/m1/s1.